The fourth-order valence-electron chi connectivity index (χ4n) is 2.50. The zero-order chi connectivity index (χ0) is 20.9. The maximum absolute atomic E-state index is 12.9. The summed E-state index contributed by atoms with van der Waals surface area (Å²) in [6, 6.07) is 1.59. The molecule has 0 aliphatic rings. The highest BCUT2D eigenvalue weighted by molar-refractivity contribution is 7.86. The highest BCUT2D eigenvalue weighted by atomic mass is 32.2. The number of aryl methyl sites for hydroxylation is 2. The van der Waals surface area contributed by atoms with Crippen molar-refractivity contribution in [3.63, 3.8) is 0 Å². The number of rotatable bonds is 3. The minimum Gasteiger partial charge on any atom is -0.388 e. The summed E-state index contributed by atoms with van der Waals surface area (Å²) in [7, 11) is -3.58. The van der Waals surface area contributed by atoms with E-state index < -0.39 is 49.4 Å². The van der Waals surface area contributed by atoms with Crippen molar-refractivity contribution >= 4 is 33.8 Å². The molecule has 2 rings (SSSR count). The van der Waals surface area contributed by atoms with Gasteiger partial charge in [0.05, 0.1) is 11.3 Å². The van der Waals surface area contributed by atoms with Gasteiger partial charge in [0.25, 0.3) is 0 Å². The summed E-state index contributed by atoms with van der Waals surface area (Å²) in [6.07, 6.45) is -4.61. The van der Waals surface area contributed by atoms with Crippen LogP contribution in [0.5, 0.6) is 0 Å². The third-order valence-corrected chi connectivity index (χ3v) is 4.92. The number of halogens is 6. The summed E-state index contributed by atoms with van der Waals surface area (Å²) in [6.45, 7) is 2.61. The molecule has 0 aliphatic carbocycles. The van der Waals surface area contributed by atoms with Crippen molar-refractivity contribution in [1.29, 1.82) is 0 Å². The number of alkyl halides is 6. The fourth-order valence-corrected chi connectivity index (χ4v) is 3.54. The van der Waals surface area contributed by atoms with Crippen molar-refractivity contribution in [2.75, 3.05) is 5.73 Å². The Kier molecular flexibility index (Phi) is 5.31. The number of hydrogen-bond donors (Lipinski definition) is 2. The van der Waals surface area contributed by atoms with Gasteiger partial charge in [0.1, 0.15) is 21.4 Å². The van der Waals surface area contributed by atoms with E-state index in [9.17, 15) is 30.6 Å². The van der Waals surface area contributed by atoms with Gasteiger partial charge >= 0.3 is 11.7 Å². The molecule has 0 amide bonds. The molecule has 0 saturated heterocycles. The van der Waals surface area contributed by atoms with Crippen LogP contribution in [0.4, 0.5) is 32.2 Å². The predicted molar refractivity (Wildman–Crippen MR) is 90.8 cm³/mol. The van der Waals surface area contributed by atoms with Crippen molar-refractivity contribution < 1.29 is 30.6 Å². The number of nitrogens with two attached hydrogens (primary N) is 2. The van der Waals surface area contributed by atoms with E-state index in [0.29, 0.717) is 0 Å². The van der Waals surface area contributed by atoms with Crippen molar-refractivity contribution in [3.8, 4) is 5.69 Å². The zero-order valence-corrected chi connectivity index (χ0v) is 15.3. The number of aromatic nitrogens is 2. The Hall–Kier alpha value is -2.15. The molecule has 13 heteroatoms. The van der Waals surface area contributed by atoms with E-state index in [0.717, 1.165) is 16.8 Å². The van der Waals surface area contributed by atoms with Crippen LogP contribution in [0.25, 0.3) is 5.69 Å². The van der Waals surface area contributed by atoms with Gasteiger partial charge in [-0.2, -0.15) is 31.4 Å². The van der Waals surface area contributed by atoms with Gasteiger partial charge in [-0.05, 0) is 37.1 Å². The molecule has 0 saturated carbocycles. The van der Waals surface area contributed by atoms with Crippen LogP contribution in [-0.4, -0.2) is 24.5 Å². The van der Waals surface area contributed by atoms with Gasteiger partial charge in [-0.1, -0.05) is 12.2 Å². The molecule has 1 atom stereocenters. The van der Waals surface area contributed by atoms with Crippen LogP contribution >= 0.6 is 12.2 Å². The Morgan fingerprint density at radius 3 is 2.00 bits per heavy atom. The quantitative estimate of drug-likeness (QED) is 0.576. The smallest absolute Gasteiger partial charge is 0.388 e. The van der Waals surface area contributed by atoms with Gasteiger partial charge in [-0.15, -0.1) is 0 Å². The van der Waals surface area contributed by atoms with E-state index in [1.807, 2.05) is 0 Å². The van der Waals surface area contributed by atoms with Crippen molar-refractivity contribution in [3.05, 3.63) is 34.5 Å². The summed E-state index contributed by atoms with van der Waals surface area (Å²) < 4.78 is 90.1. The van der Waals surface area contributed by atoms with E-state index in [1.165, 1.54) is 13.8 Å². The molecule has 0 aliphatic heterocycles. The monoisotopic (exact) mass is 430 g/mol. The first-order valence-corrected chi connectivity index (χ1v) is 8.57. The second kappa shape index (κ2) is 6.78. The molecule has 0 bridgehead atoms. The zero-order valence-electron chi connectivity index (χ0n) is 13.7. The maximum atomic E-state index is 12.9. The van der Waals surface area contributed by atoms with E-state index in [2.05, 4.69) is 17.3 Å². The van der Waals surface area contributed by atoms with E-state index >= 15 is 0 Å². The Morgan fingerprint density at radius 1 is 1.15 bits per heavy atom. The number of thiocarbonyl (C=S) groups is 1. The molecule has 1 aromatic carbocycles. The lowest BCUT2D eigenvalue weighted by atomic mass is 10.0. The lowest BCUT2D eigenvalue weighted by molar-refractivity contribution is -0.137. The van der Waals surface area contributed by atoms with Gasteiger partial charge in [0, 0.05) is 0 Å². The Morgan fingerprint density at radius 2 is 1.63 bits per heavy atom. The minimum atomic E-state index is -5.16. The van der Waals surface area contributed by atoms with Gasteiger partial charge < -0.3 is 11.5 Å². The average molecular weight is 430 g/mol. The summed E-state index contributed by atoms with van der Waals surface area (Å²) in [5.41, 5.74) is 4.42. The molecular weight excluding hydrogens is 418 g/mol. The summed E-state index contributed by atoms with van der Waals surface area (Å²) >= 11 is 4.65. The molecule has 27 heavy (non-hydrogen) atoms. The summed E-state index contributed by atoms with van der Waals surface area (Å²) in [5.74, 6) is -0.681. The molecule has 1 heterocycles. The van der Waals surface area contributed by atoms with Gasteiger partial charge in [0.15, 0.2) is 10.8 Å². The molecule has 0 spiro atoms. The van der Waals surface area contributed by atoms with Gasteiger partial charge in [-0.3, -0.25) is 0 Å². The molecular formula is C14H12F6N4OS2. The maximum Gasteiger partial charge on any atom is 0.476 e. The van der Waals surface area contributed by atoms with Crippen LogP contribution in [0.1, 0.15) is 22.4 Å². The van der Waals surface area contributed by atoms with Crippen LogP contribution in [0, 0.1) is 13.8 Å². The fraction of sp³-hybridized carbons (Fsp3) is 0.286. The van der Waals surface area contributed by atoms with Crippen molar-refractivity contribution in [2.45, 2.75) is 30.4 Å². The lowest BCUT2D eigenvalue weighted by Crippen LogP contribution is -2.21. The predicted octanol–water partition coefficient (Wildman–Crippen LogP) is 3.35. The number of benzene rings is 1. The standard InChI is InChI=1S/C14H12F6N4OS2/c1-5-3-7(13(15,16)17)4-6(2)9(5)24-11(21)10(8(23-24)12(22)26)27(25)14(18,19)20/h3-4H,21H2,1-2H3,(H2,22,26). The Bertz CT molecular complexity index is 925. The Balaban J connectivity index is 2.79. The second-order valence-electron chi connectivity index (χ2n) is 5.51. The molecule has 5 nitrogen and oxygen atoms in total. The van der Waals surface area contributed by atoms with Crippen LogP contribution in [-0.2, 0) is 17.0 Å². The average Bonchev–Trinajstić information content (AvgIpc) is 2.81. The third-order valence-electron chi connectivity index (χ3n) is 3.54. The Labute approximate surface area is 156 Å². The van der Waals surface area contributed by atoms with Crippen LogP contribution in [0.3, 0.4) is 0 Å². The first-order valence-electron chi connectivity index (χ1n) is 7.02. The second-order valence-corrected chi connectivity index (χ2v) is 7.36. The molecule has 1 unspecified atom stereocenters. The van der Waals surface area contributed by atoms with Crippen LogP contribution < -0.4 is 11.5 Å². The van der Waals surface area contributed by atoms with Crippen molar-refractivity contribution in [1.82, 2.24) is 9.78 Å². The molecule has 1 aromatic heterocycles. The number of nitrogens with zero attached hydrogens (tertiary/aromatic N) is 2. The highest BCUT2D eigenvalue weighted by Gasteiger charge is 2.43. The lowest BCUT2D eigenvalue weighted by Gasteiger charge is -2.15. The molecule has 0 radical (unpaired) electrons. The van der Waals surface area contributed by atoms with Crippen LogP contribution in [0.15, 0.2) is 17.0 Å². The first kappa shape index (κ1) is 21.2. The first-order chi connectivity index (χ1) is 12.2. The largest absolute Gasteiger partial charge is 0.476 e. The normalized spacial score (nSPS) is 13.6. The topological polar surface area (TPSA) is 86.9 Å². The molecule has 148 valence electrons. The molecule has 4 N–H and O–H groups in total. The highest BCUT2D eigenvalue weighted by Crippen LogP contribution is 2.37. The van der Waals surface area contributed by atoms with Crippen molar-refractivity contribution in [2.24, 2.45) is 5.73 Å². The van der Waals surface area contributed by atoms with Gasteiger partial charge in [-0.25, -0.2) is 8.89 Å². The third kappa shape index (κ3) is 3.93. The van der Waals surface area contributed by atoms with Crippen LogP contribution in [0.2, 0.25) is 0 Å². The van der Waals surface area contributed by atoms with E-state index in [1.54, 1.807) is 0 Å². The van der Waals surface area contributed by atoms with E-state index in [-0.39, 0.29) is 16.8 Å². The number of hydrogen-bond acceptors (Lipinski definition) is 4. The molecule has 0 fully saturated rings. The number of nitrogen functional groups attached to an aromatic ring is 1. The summed E-state index contributed by atoms with van der Waals surface area (Å²) in [5, 5.41) is 3.78. The van der Waals surface area contributed by atoms with E-state index in [4.69, 9.17) is 11.5 Å². The number of anilines is 1. The SMILES string of the molecule is Cc1cc(C(F)(F)F)cc(C)c1-n1nc(C(N)=S)c(S(=O)C(F)(F)F)c1N. The minimum absolute atomic E-state index is 0.00317. The summed E-state index contributed by atoms with van der Waals surface area (Å²) in [4.78, 5) is -1.52. The van der Waals surface area contributed by atoms with Gasteiger partial charge in [0.2, 0.25) is 0 Å². The molecule has 2 aromatic rings.